The molecule has 0 spiro atoms. The predicted molar refractivity (Wildman–Crippen MR) is 87.6 cm³/mol. The van der Waals surface area contributed by atoms with Crippen molar-refractivity contribution in [2.24, 2.45) is 0 Å². The Morgan fingerprint density at radius 2 is 2.18 bits per heavy atom. The van der Waals surface area contributed by atoms with Gasteiger partial charge in [0.05, 0.1) is 10.0 Å². The van der Waals surface area contributed by atoms with Gasteiger partial charge in [0.1, 0.15) is 17.1 Å². The molecule has 0 N–H and O–H groups in total. The number of carbonyl (C=O) groups is 1. The van der Waals surface area contributed by atoms with Crippen LogP contribution in [0.25, 0.3) is 5.65 Å². The number of halogens is 2. The van der Waals surface area contributed by atoms with E-state index in [0.29, 0.717) is 20.6 Å². The molecule has 0 aliphatic rings. The van der Waals surface area contributed by atoms with Gasteiger partial charge in [0.15, 0.2) is 0 Å². The number of hydrogen-bond donors (Lipinski definition) is 0. The molecule has 0 aromatic carbocycles. The van der Waals surface area contributed by atoms with Gasteiger partial charge in [-0.25, -0.2) is 9.78 Å². The van der Waals surface area contributed by atoms with Gasteiger partial charge in [0.25, 0.3) is 5.56 Å². The maximum absolute atomic E-state index is 12.0. The first-order valence-corrected chi connectivity index (χ1v) is 8.12. The van der Waals surface area contributed by atoms with Crippen LogP contribution in [0.5, 0.6) is 0 Å². The summed E-state index contributed by atoms with van der Waals surface area (Å²) in [4.78, 5) is 28.6. The highest BCUT2D eigenvalue weighted by Gasteiger charge is 2.11. The zero-order valence-electron chi connectivity index (χ0n) is 11.0. The first-order chi connectivity index (χ1) is 10.5. The van der Waals surface area contributed by atoms with Crippen LogP contribution >= 0.6 is 38.9 Å². The molecule has 0 saturated carbocycles. The van der Waals surface area contributed by atoms with E-state index >= 15 is 0 Å². The largest absolute Gasteiger partial charge is 0.455 e. The zero-order valence-corrected chi connectivity index (χ0v) is 14.1. The molecule has 0 radical (unpaired) electrons. The lowest BCUT2D eigenvalue weighted by atomic mass is 10.4. The molecule has 0 amide bonds. The minimum absolute atomic E-state index is 0.0733. The maximum atomic E-state index is 12.0. The molecule has 3 aromatic rings. The number of rotatable bonds is 3. The van der Waals surface area contributed by atoms with E-state index < -0.39 is 5.97 Å². The van der Waals surface area contributed by atoms with Gasteiger partial charge < -0.3 is 4.74 Å². The van der Waals surface area contributed by atoms with Gasteiger partial charge in [-0.05, 0) is 40.2 Å². The lowest BCUT2D eigenvalue weighted by molar-refractivity contribution is 0.0473. The van der Waals surface area contributed by atoms with E-state index in [9.17, 15) is 9.59 Å². The first-order valence-electron chi connectivity index (χ1n) is 6.13. The van der Waals surface area contributed by atoms with Crippen LogP contribution in [0, 0.1) is 0 Å². The van der Waals surface area contributed by atoms with Gasteiger partial charge in [0.2, 0.25) is 0 Å². The molecule has 112 valence electrons. The summed E-state index contributed by atoms with van der Waals surface area (Å²) >= 11 is 10.2. The third-order valence-electron chi connectivity index (χ3n) is 2.80. The van der Waals surface area contributed by atoms with E-state index in [-0.39, 0.29) is 12.2 Å². The summed E-state index contributed by atoms with van der Waals surface area (Å²) in [6.45, 7) is -0.0733. The lowest BCUT2D eigenvalue weighted by Gasteiger charge is -2.05. The average molecular weight is 400 g/mol. The number of nitrogens with zero attached hydrogens (tertiary/aromatic N) is 2. The van der Waals surface area contributed by atoms with Crippen LogP contribution in [-0.4, -0.2) is 15.4 Å². The number of pyridine rings is 1. The maximum Gasteiger partial charge on any atom is 0.348 e. The van der Waals surface area contributed by atoms with Crippen molar-refractivity contribution < 1.29 is 9.53 Å². The number of ether oxygens (including phenoxy) is 1. The van der Waals surface area contributed by atoms with Crippen LogP contribution in [0.15, 0.2) is 45.8 Å². The normalized spacial score (nSPS) is 10.8. The first kappa shape index (κ1) is 15.2. The summed E-state index contributed by atoms with van der Waals surface area (Å²) in [6.07, 6.45) is 1.63. The van der Waals surface area contributed by atoms with E-state index in [1.54, 1.807) is 30.5 Å². The summed E-state index contributed by atoms with van der Waals surface area (Å²) in [5.41, 5.74) is 0.640. The van der Waals surface area contributed by atoms with Crippen molar-refractivity contribution >= 4 is 50.5 Å². The van der Waals surface area contributed by atoms with Crippen molar-refractivity contribution in [3.63, 3.8) is 0 Å². The van der Waals surface area contributed by atoms with Crippen LogP contribution in [0.4, 0.5) is 0 Å². The number of aromatic nitrogens is 2. The topological polar surface area (TPSA) is 60.7 Å². The van der Waals surface area contributed by atoms with Crippen molar-refractivity contribution in [1.82, 2.24) is 9.38 Å². The van der Waals surface area contributed by atoms with E-state index in [2.05, 4.69) is 20.9 Å². The fourth-order valence-electron chi connectivity index (χ4n) is 1.83. The van der Waals surface area contributed by atoms with Gasteiger partial charge in [-0.1, -0.05) is 11.6 Å². The molecule has 0 unspecified atom stereocenters. The molecular weight excluding hydrogens is 392 g/mol. The van der Waals surface area contributed by atoms with Gasteiger partial charge in [0, 0.05) is 16.7 Å². The smallest absolute Gasteiger partial charge is 0.348 e. The fraction of sp³-hybridized carbons (Fsp3) is 0.0714. The summed E-state index contributed by atoms with van der Waals surface area (Å²) < 4.78 is 7.85. The number of hydrogen-bond acceptors (Lipinski definition) is 5. The molecule has 3 heterocycles. The number of carbonyl (C=O) groups excluding carboxylic acids is 1. The number of thiophene rings is 1. The predicted octanol–water partition coefficient (Wildman–Crippen LogP) is 3.53. The van der Waals surface area contributed by atoms with Crippen molar-refractivity contribution in [3.8, 4) is 0 Å². The standard InChI is InChI=1S/C14H8BrClN2O3S/c15-8-1-4-12-17-9(5-13(19)18(12)6-8)7-21-14(20)10-2-3-11(16)22-10/h1-6H,7H2. The molecule has 0 atom stereocenters. The average Bonchev–Trinajstić information content (AvgIpc) is 2.92. The van der Waals surface area contributed by atoms with Gasteiger partial charge in [-0.3, -0.25) is 9.20 Å². The Labute approximate surface area is 142 Å². The van der Waals surface area contributed by atoms with Crippen LogP contribution in [0.3, 0.4) is 0 Å². The Balaban J connectivity index is 1.81. The van der Waals surface area contributed by atoms with Crippen molar-refractivity contribution in [2.75, 3.05) is 0 Å². The monoisotopic (exact) mass is 398 g/mol. The third kappa shape index (κ3) is 3.21. The second-order valence-corrected chi connectivity index (χ2v) is 6.97. The highest BCUT2D eigenvalue weighted by Crippen LogP contribution is 2.22. The zero-order chi connectivity index (χ0) is 15.7. The summed E-state index contributed by atoms with van der Waals surface area (Å²) in [6, 6.07) is 8.05. The number of esters is 1. The van der Waals surface area contributed by atoms with Gasteiger partial charge in [-0.2, -0.15) is 0 Å². The molecule has 5 nitrogen and oxygen atoms in total. The molecule has 3 aromatic heterocycles. The van der Waals surface area contributed by atoms with Crippen LogP contribution < -0.4 is 5.56 Å². The Hall–Kier alpha value is -1.70. The third-order valence-corrected chi connectivity index (χ3v) is 4.48. The Kier molecular flexibility index (Phi) is 4.28. The molecule has 3 rings (SSSR count). The minimum atomic E-state index is -0.491. The summed E-state index contributed by atoms with van der Waals surface area (Å²) in [5, 5.41) is 0. The molecule has 0 bridgehead atoms. The van der Waals surface area contributed by atoms with Crippen LogP contribution in [0.1, 0.15) is 15.4 Å². The highest BCUT2D eigenvalue weighted by atomic mass is 79.9. The van der Waals surface area contributed by atoms with E-state index in [1.165, 1.54) is 10.5 Å². The molecule has 0 fully saturated rings. The molecular formula is C14H8BrClN2O3S. The Morgan fingerprint density at radius 1 is 1.36 bits per heavy atom. The van der Waals surface area contributed by atoms with Crippen LogP contribution in [-0.2, 0) is 11.3 Å². The molecule has 0 aliphatic heterocycles. The quantitative estimate of drug-likeness (QED) is 0.632. The second-order valence-electron chi connectivity index (χ2n) is 4.34. The van der Waals surface area contributed by atoms with Gasteiger partial charge >= 0.3 is 5.97 Å². The van der Waals surface area contributed by atoms with E-state index in [1.807, 2.05) is 0 Å². The second kappa shape index (κ2) is 6.20. The molecule has 22 heavy (non-hydrogen) atoms. The molecule has 0 aliphatic carbocycles. The summed E-state index contributed by atoms with van der Waals surface area (Å²) in [7, 11) is 0. The van der Waals surface area contributed by atoms with Gasteiger partial charge in [-0.15, -0.1) is 11.3 Å². The fourth-order valence-corrected chi connectivity index (χ4v) is 3.11. The van der Waals surface area contributed by atoms with Crippen molar-refractivity contribution in [3.05, 3.63) is 66.3 Å². The Bertz CT molecular complexity index is 922. The molecule has 8 heteroatoms. The lowest BCUT2D eigenvalue weighted by Crippen LogP contribution is -2.16. The van der Waals surface area contributed by atoms with Crippen LogP contribution in [0.2, 0.25) is 4.34 Å². The Morgan fingerprint density at radius 3 is 2.91 bits per heavy atom. The number of fused-ring (bicyclic) bond motifs is 1. The highest BCUT2D eigenvalue weighted by molar-refractivity contribution is 9.10. The molecule has 0 saturated heterocycles. The van der Waals surface area contributed by atoms with E-state index in [0.717, 1.165) is 15.8 Å². The van der Waals surface area contributed by atoms with Crippen molar-refractivity contribution in [2.45, 2.75) is 6.61 Å². The minimum Gasteiger partial charge on any atom is -0.455 e. The van der Waals surface area contributed by atoms with Crippen molar-refractivity contribution in [1.29, 1.82) is 0 Å². The van der Waals surface area contributed by atoms with E-state index in [4.69, 9.17) is 16.3 Å². The summed E-state index contributed by atoms with van der Waals surface area (Å²) in [5.74, 6) is -0.491. The SMILES string of the molecule is O=C(OCc1cc(=O)n2cc(Br)ccc2n1)c1ccc(Cl)s1.